The molecule has 7 heteroatoms. The van der Waals surface area contributed by atoms with Crippen LogP contribution in [0.3, 0.4) is 0 Å². The van der Waals surface area contributed by atoms with Crippen LogP contribution >= 0.6 is 23.5 Å². The smallest absolute Gasteiger partial charge is 0.321 e. The van der Waals surface area contributed by atoms with Crippen LogP contribution in [0.15, 0.2) is 54.6 Å². The van der Waals surface area contributed by atoms with Crippen LogP contribution in [0.4, 0.5) is 10.5 Å². The lowest BCUT2D eigenvalue weighted by atomic mass is 10.0. The maximum Gasteiger partial charge on any atom is 0.321 e. The third-order valence-corrected chi connectivity index (χ3v) is 8.31. The largest absolute Gasteiger partial charge is 0.349 e. The van der Waals surface area contributed by atoms with E-state index in [1.165, 1.54) is 17.1 Å². The molecule has 5 nitrogen and oxygen atoms in total. The van der Waals surface area contributed by atoms with Gasteiger partial charge in [-0.2, -0.15) is 0 Å². The first-order valence-corrected chi connectivity index (χ1v) is 12.0. The van der Waals surface area contributed by atoms with Crippen molar-refractivity contribution in [2.45, 2.75) is 23.5 Å². The fourth-order valence-corrected chi connectivity index (χ4v) is 6.42. The zero-order valence-electron chi connectivity index (χ0n) is 16.2. The second-order valence-electron chi connectivity index (χ2n) is 7.23. The molecule has 2 saturated heterocycles. The molecule has 29 heavy (non-hydrogen) atoms. The zero-order chi connectivity index (χ0) is 20.1. The first kappa shape index (κ1) is 20.2. The molecule has 0 bridgehead atoms. The Hall–Kier alpha value is -2.12. The van der Waals surface area contributed by atoms with Gasteiger partial charge in [-0.15, -0.1) is 23.5 Å². The molecule has 2 N–H and O–H groups in total. The van der Waals surface area contributed by atoms with Gasteiger partial charge in [0.25, 0.3) is 5.91 Å². The van der Waals surface area contributed by atoms with E-state index in [1.807, 2.05) is 66.0 Å². The molecule has 4 rings (SSSR count). The Bertz CT molecular complexity index is 831. The van der Waals surface area contributed by atoms with E-state index < -0.39 is 0 Å². The molecule has 2 aromatic carbocycles. The Labute approximate surface area is 180 Å². The van der Waals surface area contributed by atoms with Gasteiger partial charge in [0, 0.05) is 41.9 Å². The van der Waals surface area contributed by atoms with Gasteiger partial charge in [-0.3, -0.25) is 4.79 Å². The maximum absolute atomic E-state index is 12.6. The summed E-state index contributed by atoms with van der Waals surface area (Å²) in [6.45, 7) is 1.28. The molecule has 0 radical (unpaired) electrons. The molecule has 0 unspecified atom stereocenters. The monoisotopic (exact) mass is 427 g/mol. The van der Waals surface area contributed by atoms with Gasteiger partial charge in [-0.05, 0) is 42.7 Å². The molecule has 0 aliphatic carbocycles. The van der Waals surface area contributed by atoms with Gasteiger partial charge in [0.1, 0.15) is 0 Å². The average molecular weight is 428 g/mol. The first-order chi connectivity index (χ1) is 14.2. The molecule has 2 aliphatic heterocycles. The standard InChI is InChI=1S/C22H25N3O2S2/c26-20(16-6-8-17(9-7-16)21-28-14-15-29-21)23-19-10-12-25(13-11-19)22(27)24-18-4-2-1-3-5-18/h1-9,19,21H,10-15H2,(H,23,26)(H,24,27). The van der Waals surface area contributed by atoms with E-state index in [2.05, 4.69) is 22.8 Å². The van der Waals surface area contributed by atoms with Crippen LogP contribution in [-0.2, 0) is 0 Å². The van der Waals surface area contributed by atoms with Crippen molar-refractivity contribution in [3.8, 4) is 0 Å². The highest BCUT2D eigenvalue weighted by Crippen LogP contribution is 2.45. The lowest BCUT2D eigenvalue weighted by Gasteiger charge is -2.32. The molecule has 2 aliphatic rings. The Balaban J connectivity index is 1.24. The highest BCUT2D eigenvalue weighted by Gasteiger charge is 2.24. The molecule has 0 spiro atoms. The number of amides is 3. The first-order valence-electron chi connectivity index (χ1n) is 9.94. The molecule has 0 atom stereocenters. The predicted molar refractivity (Wildman–Crippen MR) is 122 cm³/mol. The van der Waals surface area contributed by atoms with Crippen molar-refractivity contribution in [1.29, 1.82) is 0 Å². The summed E-state index contributed by atoms with van der Waals surface area (Å²) in [5, 5.41) is 6.04. The number of nitrogens with one attached hydrogen (secondary N) is 2. The summed E-state index contributed by atoms with van der Waals surface area (Å²) >= 11 is 3.93. The number of para-hydroxylation sites is 1. The highest BCUT2D eigenvalue weighted by molar-refractivity contribution is 8.19. The number of benzene rings is 2. The summed E-state index contributed by atoms with van der Waals surface area (Å²) in [4.78, 5) is 26.8. The summed E-state index contributed by atoms with van der Waals surface area (Å²) in [5.41, 5.74) is 2.78. The lowest BCUT2D eigenvalue weighted by molar-refractivity contribution is 0.0919. The van der Waals surface area contributed by atoms with Crippen LogP contribution in [0.5, 0.6) is 0 Å². The normalized spacial score (nSPS) is 17.9. The number of likely N-dealkylation sites (tertiary alicyclic amines) is 1. The molecule has 2 heterocycles. The number of nitrogens with zero attached hydrogens (tertiary/aromatic N) is 1. The second kappa shape index (κ2) is 9.59. The van der Waals surface area contributed by atoms with Crippen molar-refractivity contribution < 1.29 is 9.59 Å². The molecule has 2 fully saturated rings. The topological polar surface area (TPSA) is 61.4 Å². The summed E-state index contributed by atoms with van der Waals surface area (Å²) in [6.07, 6.45) is 1.53. The highest BCUT2D eigenvalue weighted by atomic mass is 32.2. The van der Waals surface area contributed by atoms with Gasteiger partial charge < -0.3 is 15.5 Å². The van der Waals surface area contributed by atoms with Crippen LogP contribution in [-0.4, -0.2) is 47.5 Å². The van der Waals surface area contributed by atoms with Crippen molar-refractivity contribution >= 4 is 41.1 Å². The van der Waals surface area contributed by atoms with E-state index in [4.69, 9.17) is 0 Å². The maximum atomic E-state index is 12.6. The van der Waals surface area contributed by atoms with Crippen molar-refractivity contribution in [3.63, 3.8) is 0 Å². The zero-order valence-corrected chi connectivity index (χ0v) is 17.8. The Morgan fingerprint density at radius 3 is 2.21 bits per heavy atom. The van der Waals surface area contributed by atoms with Crippen LogP contribution in [0.1, 0.15) is 33.3 Å². The molecular weight excluding hydrogens is 402 g/mol. The summed E-state index contributed by atoms with van der Waals surface area (Å²) in [5.74, 6) is 2.36. The fraction of sp³-hybridized carbons (Fsp3) is 0.364. The van der Waals surface area contributed by atoms with Crippen molar-refractivity contribution in [2.75, 3.05) is 29.9 Å². The minimum Gasteiger partial charge on any atom is -0.349 e. The summed E-state index contributed by atoms with van der Waals surface area (Å²) in [6, 6.07) is 17.5. The van der Waals surface area contributed by atoms with E-state index in [0.29, 0.717) is 23.2 Å². The second-order valence-corrected chi connectivity index (χ2v) is 9.95. The number of thioether (sulfide) groups is 2. The molecule has 152 valence electrons. The molecule has 0 aromatic heterocycles. The van der Waals surface area contributed by atoms with E-state index in [9.17, 15) is 9.59 Å². The summed E-state index contributed by atoms with van der Waals surface area (Å²) in [7, 11) is 0. The Morgan fingerprint density at radius 2 is 1.55 bits per heavy atom. The molecule has 3 amide bonds. The van der Waals surface area contributed by atoms with Gasteiger partial charge >= 0.3 is 6.03 Å². The third-order valence-electron chi connectivity index (χ3n) is 5.21. The van der Waals surface area contributed by atoms with E-state index >= 15 is 0 Å². The van der Waals surface area contributed by atoms with E-state index in [-0.39, 0.29) is 18.0 Å². The van der Waals surface area contributed by atoms with Gasteiger partial charge in [-0.1, -0.05) is 30.3 Å². The minimum atomic E-state index is -0.0841. The number of urea groups is 1. The number of carbonyl (C=O) groups is 2. The number of piperidine rings is 1. The van der Waals surface area contributed by atoms with E-state index in [1.54, 1.807) is 4.90 Å². The summed E-state index contributed by atoms with van der Waals surface area (Å²) < 4.78 is 0.499. The number of hydrogen-bond donors (Lipinski definition) is 2. The van der Waals surface area contributed by atoms with Crippen LogP contribution in [0.25, 0.3) is 0 Å². The fourth-order valence-electron chi connectivity index (χ4n) is 3.56. The minimum absolute atomic E-state index is 0.0320. The van der Waals surface area contributed by atoms with Crippen molar-refractivity contribution in [1.82, 2.24) is 10.2 Å². The van der Waals surface area contributed by atoms with Gasteiger partial charge in [0.05, 0.1) is 4.58 Å². The van der Waals surface area contributed by atoms with Gasteiger partial charge in [0.2, 0.25) is 0 Å². The lowest BCUT2D eigenvalue weighted by Crippen LogP contribution is -2.47. The van der Waals surface area contributed by atoms with Gasteiger partial charge in [-0.25, -0.2) is 4.79 Å². The number of carbonyl (C=O) groups excluding carboxylic acids is 2. The van der Waals surface area contributed by atoms with Gasteiger partial charge in [0.15, 0.2) is 0 Å². The Kier molecular flexibility index (Phi) is 6.67. The SMILES string of the molecule is O=C(NC1CCN(C(=O)Nc2ccccc2)CC1)c1ccc(C2SCCS2)cc1. The van der Waals surface area contributed by atoms with E-state index in [0.717, 1.165) is 18.5 Å². The Morgan fingerprint density at radius 1 is 0.897 bits per heavy atom. The third kappa shape index (κ3) is 5.28. The average Bonchev–Trinajstić information content (AvgIpc) is 3.30. The molecule has 0 saturated carbocycles. The van der Waals surface area contributed by atoms with Crippen molar-refractivity contribution in [3.05, 3.63) is 65.7 Å². The number of anilines is 1. The van der Waals surface area contributed by atoms with Crippen LogP contribution in [0, 0.1) is 0 Å². The quantitative estimate of drug-likeness (QED) is 0.749. The number of rotatable bonds is 4. The molecular formula is C22H25N3O2S2. The predicted octanol–water partition coefficient (Wildman–Crippen LogP) is 4.59. The van der Waals surface area contributed by atoms with Crippen LogP contribution < -0.4 is 10.6 Å². The van der Waals surface area contributed by atoms with Crippen LogP contribution in [0.2, 0.25) is 0 Å². The number of hydrogen-bond acceptors (Lipinski definition) is 4. The molecule has 2 aromatic rings. The van der Waals surface area contributed by atoms with Crippen molar-refractivity contribution in [2.24, 2.45) is 0 Å².